The molecular weight excluding hydrogens is 458 g/mol. The SMILES string of the molecule is CO[C@@H]1[C@@H](NC(=O)COc2ccccc2)c2ccccc2C12CCN(C(=O)c1cc[n+]([O-])cc1)CC2. The van der Waals surface area contributed by atoms with Gasteiger partial charge in [-0.1, -0.05) is 42.5 Å². The summed E-state index contributed by atoms with van der Waals surface area (Å²) in [5.41, 5.74) is 2.37. The number of nitrogens with zero attached hydrogens (tertiary/aromatic N) is 2. The predicted octanol–water partition coefficient (Wildman–Crippen LogP) is 2.76. The number of carbonyl (C=O) groups excluding carboxylic acids is 2. The number of benzene rings is 2. The Kier molecular flexibility index (Phi) is 6.61. The highest BCUT2D eigenvalue weighted by Gasteiger charge is 2.54. The molecule has 0 radical (unpaired) electrons. The molecule has 186 valence electrons. The van der Waals surface area contributed by atoms with Crippen LogP contribution in [-0.2, 0) is 14.9 Å². The summed E-state index contributed by atoms with van der Waals surface area (Å²) in [5.74, 6) is 0.332. The Labute approximate surface area is 210 Å². The number of hydrogen-bond acceptors (Lipinski definition) is 5. The highest BCUT2D eigenvalue weighted by Crippen LogP contribution is 2.52. The van der Waals surface area contributed by atoms with Crippen LogP contribution >= 0.6 is 0 Å². The maximum absolute atomic E-state index is 13.0. The molecule has 1 N–H and O–H groups in total. The minimum absolute atomic E-state index is 0.0885. The van der Waals surface area contributed by atoms with Crippen molar-refractivity contribution in [3.8, 4) is 5.75 Å². The Hall–Kier alpha value is -3.91. The molecule has 1 aliphatic heterocycles. The molecule has 0 bridgehead atoms. The number of aromatic nitrogens is 1. The van der Waals surface area contributed by atoms with Crippen molar-refractivity contribution < 1.29 is 23.8 Å². The van der Waals surface area contributed by atoms with Crippen LogP contribution in [0.5, 0.6) is 5.75 Å². The molecule has 8 nitrogen and oxygen atoms in total. The molecule has 1 aromatic heterocycles. The standard InChI is InChI=1S/C28H29N3O5/c1-35-26-25(29-24(32)19-36-21-7-3-2-4-8-21)22-9-5-6-10-23(22)28(26)13-17-30(18-14-28)27(33)20-11-15-31(34)16-12-20/h2-12,15-16,25-26H,13-14,17-19H2,1H3,(H,29,32)/t25-,26+/m0/s1. The third kappa shape index (κ3) is 4.40. The molecule has 1 spiro atoms. The van der Waals surface area contributed by atoms with Gasteiger partial charge in [-0.2, -0.15) is 4.73 Å². The maximum atomic E-state index is 13.0. The number of piperidine rings is 1. The Morgan fingerprint density at radius 1 is 1.03 bits per heavy atom. The molecule has 2 amide bonds. The smallest absolute Gasteiger partial charge is 0.258 e. The molecule has 1 fully saturated rings. The van der Waals surface area contributed by atoms with Crippen molar-refractivity contribution in [2.75, 3.05) is 26.8 Å². The molecule has 36 heavy (non-hydrogen) atoms. The fourth-order valence-electron chi connectivity index (χ4n) is 5.65. The van der Waals surface area contributed by atoms with E-state index in [1.165, 1.54) is 12.4 Å². The second kappa shape index (κ2) is 9.99. The van der Waals surface area contributed by atoms with Crippen molar-refractivity contribution in [2.24, 2.45) is 0 Å². The molecule has 3 aromatic rings. The van der Waals surface area contributed by atoms with Crippen LogP contribution in [-0.4, -0.2) is 49.6 Å². The summed E-state index contributed by atoms with van der Waals surface area (Å²) >= 11 is 0. The lowest BCUT2D eigenvalue weighted by atomic mass is 9.71. The summed E-state index contributed by atoms with van der Waals surface area (Å²) in [4.78, 5) is 27.7. The molecule has 0 unspecified atom stereocenters. The lowest BCUT2D eigenvalue weighted by molar-refractivity contribution is -0.605. The van der Waals surface area contributed by atoms with Gasteiger partial charge in [0.1, 0.15) is 5.75 Å². The van der Waals surface area contributed by atoms with E-state index in [0.29, 0.717) is 42.0 Å². The molecule has 2 aliphatic rings. The lowest BCUT2D eigenvalue weighted by Gasteiger charge is -2.44. The first-order valence-corrected chi connectivity index (χ1v) is 12.1. The van der Waals surface area contributed by atoms with Gasteiger partial charge in [0.2, 0.25) is 0 Å². The van der Waals surface area contributed by atoms with Crippen molar-refractivity contribution >= 4 is 11.8 Å². The Morgan fingerprint density at radius 3 is 2.39 bits per heavy atom. The molecular formula is C28H29N3O5. The molecule has 5 rings (SSSR count). The first-order chi connectivity index (χ1) is 17.5. The summed E-state index contributed by atoms with van der Waals surface area (Å²) < 4.78 is 12.4. The van der Waals surface area contributed by atoms with Crippen LogP contribution in [0.25, 0.3) is 0 Å². The molecule has 1 saturated heterocycles. The molecule has 2 atom stereocenters. The number of carbonyl (C=O) groups is 2. The van der Waals surface area contributed by atoms with Crippen LogP contribution in [0, 0.1) is 5.21 Å². The van der Waals surface area contributed by atoms with E-state index in [0.717, 1.165) is 11.1 Å². The number of fused-ring (bicyclic) bond motifs is 2. The number of methoxy groups -OCH3 is 1. The van der Waals surface area contributed by atoms with Crippen LogP contribution in [0.2, 0.25) is 0 Å². The monoisotopic (exact) mass is 487 g/mol. The molecule has 8 heteroatoms. The van der Waals surface area contributed by atoms with E-state index in [4.69, 9.17) is 9.47 Å². The minimum atomic E-state index is -0.324. The van der Waals surface area contributed by atoms with E-state index in [9.17, 15) is 14.8 Å². The number of ether oxygens (including phenoxy) is 2. The van der Waals surface area contributed by atoms with Gasteiger partial charge < -0.3 is 24.9 Å². The van der Waals surface area contributed by atoms with Gasteiger partial charge >= 0.3 is 0 Å². The zero-order valence-electron chi connectivity index (χ0n) is 20.1. The van der Waals surface area contributed by atoms with Crippen LogP contribution in [0.3, 0.4) is 0 Å². The van der Waals surface area contributed by atoms with Gasteiger partial charge in [-0.3, -0.25) is 9.59 Å². The minimum Gasteiger partial charge on any atom is -0.619 e. The van der Waals surface area contributed by atoms with Crippen LogP contribution in [0.1, 0.15) is 40.4 Å². The van der Waals surface area contributed by atoms with Crippen LogP contribution < -0.4 is 14.8 Å². The van der Waals surface area contributed by atoms with Crippen LogP contribution in [0.15, 0.2) is 79.1 Å². The number of amides is 2. The number of hydrogen-bond donors (Lipinski definition) is 1. The topological polar surface area (TPSA) is 94.8 Å². The van der Waals surface area contributed by atoms with Crippen molar-refractivity contribution in [3.05, 3.63) is 101 Å². The zero-order chi connectivity index (χ0) is 25.1. The molecule has 1 aliphatic carbocycles. The first-order valence-electron chi connectivity index (χ1n) is 12.1. The van der Waals surface area contributed by atoms with E-state index in [1.807, 2.05) is 53.4 Å². The highest BCUT2D eigenvalue weighted by atomic mass is 16.5. The third-order valence-corrected chi connectivity index (χ3v) is 7.36. The first kappa shape index (κ1) is 23.8. The second-order valence-corrected chi connectivity index (χ2v) is 9.29. The maximum Gasteiger partial charge on any atom is 0.258 e. The number of likely N-dealkylation sites (tertiary alicyclic amines) is 1. The van der Waals surface area contributed by atoms with Crippen LogP contribution in [0.4, 0.5) is 0 Å². The van der Waals surface area contributed by atoms with Gasteiger partial charge in [0.25, 0.3) is 11.8 Å². The molecule has 2 heterocycles. The predicted molar refractivity (Wildman–Crippen MR) is 132 cm³/mol. The van der Waals surface area contributed by atoms with Crippen molar-refractivity contribution in [1.29, 1.82) is 0 Å². The average Bonchev–Trinajstić information content (AvgIpc) is 3.16. The summed E-state index contributed by atoms with van der Waals surface area (Å²) in [5, 5.41) is 14.5. The Morgan fingerprint density at radius 2 is 1.69 bits per heavy atom. The normalized spacial score (nSPS) is 20.1. The summed E-state index contributed by atoms with van der Waals surface area (Å²) in [7, 11) is 1.68. The van der Waals surface area contributed by atoms with Gasteiger partial charge in [-0.15, -0.1) is 0 Å². The number of rotatable bonds is 6. The second-order valence-electron chi connectivity index (χ2n) is 9.29. The quantitative estimate of drug-likeness (QED) is 0.426. The van der Waals surface area contributed by atoms with E-state index in [2.05, 4.69) is 11.4 Å². The number of para-hydroxylation sites is 1. The lowest BCUT2D eigenvalue weighted by Crippen LogP contribution is -2.52. The van der Waals surface area contributed by atoms with Crippen molar-refractivity contribution in [1.82, 2.24) is 10.2 Å². The van der Waals surface area contributed by atoms with Gasteiger partial charge in [0, 0.05) is 37.7 Å². The molecule has 0 saturated carbocycles. The van der Waals surface area contributed by atoms with Crippen molar-refractivity contribution in [2.45, 2.75) is 30.4 Å². The number of nitrogens with one attached hydrogen (secondary N) is 1. The summed E-state index contributed by atoms with van der Waals surface area (Å²) in [6.07, 6.45) is 3.80. The van der Waals surface area contributed by atoms with Gasteiger partial charge in [-0.05, 0) is 36.1 Å². The summed E-state index contributed by atoms with van der Waals surface area (Å²) in [6.45, 7) is 1.02. The number of pyridine rings is 1. The van der Waals surface area contributed by atoms with E-state index in [1.54, 1.807) is 19.2 Å². The third-order valence-electron chi connectivity index (χ3n) is 7.36. The Bertz CT molecular complexity index is 1220. The summed E-state index contributed by atoms with van der Waals surface area (Å²) in [6, 6.07) is 20.1. The fourth-order valence-corrected chi connectivity index (χ4v) is 5.65. The molecule has 2 aromatic carbocycles. The fraction of sp³-hybridized carbons (Fsp3) is 0.321. The average molecular weight is 488 g/mol. The van der Waals surface area contributed by atoms with Crippen molar-refractivity contribution in [3.63, 3.8) is 0 Å². The Balaban J connectivity index is 1.32. The highest BCUT2D eigenvalue weighted by molar-refractivity contribution is 5.94. The zero-order valence-corrected chi connectivity index (χ0v) is 20.1. The van der Waals surface area contributed by atoms with Gasteiger partial charge in [-0.25, -0.2) is 0 Å². The van der Waals surface area contributed by atoms with E-state index < -0.39 is 0 Å². The van der Waals surface area contributed by atoms with Gasteiger partial charge in [0.15, 0.2) is 19.0 Å². The van der Waals surface area contributed by atoms with E-state index in [-0.39, 0.29) is 36.0 Å². The van der Waals surface area contributed by atoms with E-state index >= 15 is 0 Å². The largest absolute Gasteiger partial charge is 0.619 e. The van der Waals surface area contributed by atoms with Gasteiger partial charge in [0.05, 0.1) is 17.7 Å².